The van der Waals surface area contributed by atoms with E-state index in [0.717, 1.165) is 11.1 Å². The molecule has 1 amide bonds. The van der Waals surface area contributed by atoms with Crippen molar-refractivity contribution in [3.8, 4) is 11.5 Å². The van der Waals surface area contributed by atoms with Crippen LogP contribution in [0, 0.1) is 13.8 Å². The maximum Gasteiger partial charge on any atom is 0.243 e. The lowest BCUT2D eigenvalue weighted by molar-refractivity contribution is -0.117. The van der Waals surface area contributed by atoms with Crippen molar-refractivity contribution in [1.29, 1.82) is 0 Å². The fourth-order valence-corrected chi connectivity index (χ4v) is 5.52. The number of sulfonamides is 1. The standard InChI is InChI=1S/C24H33N3O5S/c1-5-31-20-8-9-22(32-6-2)21(16-20)25-24(28)17-26-11-13-27(14-12-26)33(29,30)23-10-7-18(3)15-19(23)4/h7-10,15-16H,5-6,11-14,17H2,1-4H3,(H,25,28). The molecule has 0 saturated carbocycles. The number of carbonyl (C=O) groups excluding carboxylic acids is 1. The highest BCUT2D eigenvalue weighted by molar-refractivity contribution is 7.89. The third-order valence-electron chi connectivity index (χ3n) is 5.48. The molecule has 0 bridgehead atoms. The number of hydrogen-bond acceptors (Lipinski definition) is 6. The van der Waals surface area contributed by atoms with E-state index in [4.69, 9.17) is 9.47 Å². The number of ether oxygens (including phenoxy) is 2. The van der Waals surface area contributed by atoms with Gasteiger partial charge in [0.1, 0.15) is 11.5 Å². The van der Waals surface area contributed by atoms with Gasteiger partial charge >= 0.3 is 0 Å². The highest BCUT2D eigenvalue weighted by atomic mass is 32.2. The number of carbonyl (C=O) groups is 1. The van der Waals surface area contributed by atoms with E-state index in [-0.39, 0.29) is 12.5 Å². The van der Waals surface area contributed by atoms with Gasteiger partial charge in [-0.15, -0.1) is 0 Å². The molecular weight excluding hydrogens is 442 g/mol. The first-order chi connectivity index (χ1) is 15.7. The molecular formula is C24H33N3O5S. The van der Waals surface area contributed by atoms with Crippen molar-refractivity contribution in [2.75, 3.05) is 51.3 Å². The van der Waals surface area contributed by atoms with Crippen molar-refractivity contribution in [1.82, 2.24) is 9.21 Å². The van der Waals surface area contributed by atoms with Gasteiger partial charge in [0.25, 0.3) is 0 Å². The Morgan fingerprint density at radius 3 is 2.30 bits per heavy atom. The van der Waals surface area contributed by atoms with Crippen LogP contribution < -0.4 is 14.8 Å². The number of aryl methyl sites for hydroxylation is 2. The second kappa shape index (κ2) is 11.0. The summed E-state index contributed by atoms with van der Waals surface area (Å²) < 4.78 is 38.8. The van der Waals surface area contributed by atoms with Gasteiger partial charge in [0, 0.05) is 32.2 Å². The van der Waals surface area contributed by atoms with Crippen molar-refractivity contribution in [2.45, 2.75) is 32.6 Å². The second-order valence-electron chi connectivity index (χ2n) is 8.02. The Morgan fingerprint density at radius 2 is 1.67 bits per heavy atom. The van der Waals surface area contributed by atoms with Crippen LogP contribution in [0.5, 0.6) is 11.5 Å². The molecule has 180 valence electrons. The molecule has 3 rings (SSSR count). The monoisotopic (exact) mass is 475 g/mol. The number of hydrogen-bond donors (Lipinski definition) is 1. The minimum Gasteiger partial charge on any atom is -0.494 e. The summed E-state index contributed by atoms with van der Waals surface area (Å²) >= 11 is 0. The molecule has 0 spiro atoms. The molecule has 1 aliphatic rings. The summed E-state index contributed by atoms with van der Waals surface area (Å²) in [5, 5.41) is 2.90. The maximum absolute atomic E-state index is 13.1. The lowest BCUT2D eigenvalue weighted by Crippen LogP contribution is -2.50. The molecule has 1 fully saturated rings. The molecule has 0 aliphatic carbocycles. The first-order valence-electron chi connectivity index (χ1n) is 11.2. The Labute approximate surface area is 196 Å². The van der Waals surface area contributed by atoms with Crippen LogP contribution in [0.15, 0.2) is 41.3 Å². The molecule has 2 aromatic rings. The fourth-order valence-electron chi connectivity index (χ4n) is 3.89. The normalized spacial score (nSPS) is 15.3. The number of amides is 1. The van der Waals surface area contributed by atoms with E-state index in [1.807, 2.05) is 44.7 Å². The third kappa shape index (κ3) is 6.25. The quantitative estimate of drug-likeness (QED) is 0.600. The minimum atomic E-state index is -3.56. The average Bonchev–Trinajstić information content (AvgIpc) is 2.76. The van der Waals surface area contributed by atoms with Crippen LogP contribution in [0.2, 0.25) is 0 Å². The molecule has 1 saturated heterocycles. The minimum absolute atomic E-state index is 0.169. The summed E-state index contributed by atoms with van der Waals surface area (Å²) in [4.78, 5) is 15.0. The fraction of sp³-hybridized carbons (Fsp3) is 0.458. The van der Waals surface area contributed by atoms with Gasteiger partial charge in [0.15, 0.2) is 0 Å². The van der Waals surface area contributed by atoms with E-state index in [9.17, 15) is 13.2 Å². The molecule has 9 heteroatoms. The summed E-state index contributed by atoms with van der Waals surface area (Å²) in [6, 6.07) is 10.7. The first-order valence-corrected chi connectivity index (χ1v) is 12.7. The largest absolute Gasteiger partial charge is 0.494 e. The Hall–Kier alpha value is -2.62. The van der Waals surface area contributed by atoms with Crippen molar-refractivity contribution in [2.24, 2.45) is 0 Å². The summed E-state index contributed by atoms with van der Waals surface area (Å²) in [5.74, 6) is 1.05. The van der Waals surface area contributed by atoms with E-state index < -0.39 is 10.0 Å². The van der Waals surface area contributed by atoms with E-state index in [1.165, 1.54) is 4.31 Å². The van der Waals surface area contributed by atoms with Crippen LogP contribution >= 0.6 is 0 Å². The van der Waals surface area contributed by atoms with E-state index >= 15 is 0 Å². The van der Waals surface area contributed by atoms with E-state index in [2.05, 4.69) is 5.32 Å². The van der Waals surface area contributed by atoms with Crippen LogP contribution in [0.3, 0.4) is 0 Å². The van der Waals surface area contributed by atoms with Crippen LogP contribution in [-0.2, 0) is 14.8 Å². The zero-order valence-corrected chi connectivity index (χ0v) is 20.6. The lowest BCUT2D eigenvalue weighted by atomic mass is 10.2. The molecule has 0 radical (unpaired) electrons. The van der Waals surface area contributed by atoms with Crippen molar-refractivity contribution in [3.05, 3.63) is 47.5 Å². The van der Waals surface area contributed by atoms with Crippen molar-refractivity contribution in [3.63, 3.8) is 0 Å². The highest BCUT2D eigenvalue weighted by Gasteiger charge is 2.30. The first kappa shape index (κ1) is 25.0. The zero-order chi connectivity index (χ0) is 24.0. The molecule has 0 atom stereocenters. The van der Waals surface area contributed by atoms with Gasteiger partial charge in [0.05, 0.1) is 30.3 Å². The van der Waals surface area contributed by atoms with Gasteiger partial charge in [-0.05, 0) is 51.5 Å². The summed E-state index contributed by atoms with van der Waals surface area (Å²) in [6.45, 7) is 10.4. The molecule has 1 aliphatic heterocycles. The Morgan fingerprint density at radius 1 is 0.970 bits per heavy atom. The number of rotatable bonds is 9. The van der Waals surface area contributed by atoms with Gasteiger partial charge in [-0.1, -0.05) is 17.7 Å². The Balaban J connectivity index is 1.60. The summed E-state index contributed by atoms with van der Waals surface area (Å²) in [7, 11) is -3.56. The van der Waals surface area contributed by atoms with Crippen LogP contribution in [-0.4, -0.2) is 69.5 Å². The van der Waals surface area contributed by atoms with E-state index in [0.29, 0.717) is 61.5 Å². The lowest BCUT2D eigenvalue weighted by Gasteiger charge is -2.33. The summed E-state index contributed by atoms with van der Waals surface area (Å²) in [6.07, 6.45) is 0. The van der Waals surface area contributed by atoms with Crippen molar-refractivity contribution < 1.29 is 22.7 Å². The smallest absolute Gasteiger partial charge is 0.243 e. The van der Waals surface area contributed by atoms with Gasteiger partial charge in [0.2, 0.25) is 15.9 Å². The summed E-state index contributed by atoms with van der Waals surface area (Å²) in [5.41, 5.74) is 2.33. The average molecular weight is 476 g/mol. The topological polar surface area (TPSA) is 88.2 Å². The van der Waals surface area contributed by atoms with Crippen LogP contribution in [0.1, 0.15) is 25.0 Å². The van der Waals surface area contributed by atoms with Gasteiger partial charge in [-0.3, -0.25) is 9.69 Å². The second-order valence-corrected chi connectivity index (χ2v) is 9.93. The van der Waals surface area contributed by atoms with Gasteiger partial charge in [-0.25, -0.2) is 8.42 Å². The molecule has 0 aromatic heterocycles. The number of benzene rings is 2. The SMILES string of the molecule is CCOc1ccc(OCC)c(NC(=O)CN2CCN(S(=O)(=O)c3ccc(C)cc3C)CC2)c1. The number of piperazine rings is 1. The maximum atomic E-state index is 13.1. The zero-order valence-electron chi connectivity index (χ0n) is 19.8. The number of nitrogens with zero attached hydrogens (tertiary/aromatic N) is 2. The number of nitrogens with one attached hydrogen (secondary N) is 1. The van der Waals surface area contributed by atoms with E-state index in [1.54, 1.807) is 24.3 Å². The predicted molar refractivity (Wildman–Crippen MR) is 129 cm³/mol. The van der Waals surface area contributed by atoms with Crippen LogP contribution in [0.25, 0.3) is 0 Å². The number of anilines is 1. The van der Waals surface area contributed by atoms with Gasteiger partial charge in [-0.2, -0.15) is 4.31 Å². The molecule has 8 nitrogen and oxygen atoms in total. The molecule has 2 aromatic carbocycles. The highest BCUT2D eigenvalue weighted by Crippen LogP contribution is 2.29. The Bertz CT molecular complexity index is 1080. The molecule has 1 heterocycles. The van der Waals surface area contributed by atoms with Gasteiger partial charge < -0.3 is 14.8 Å². The molecule has 33 heavy (non-hydrogen) atoms. The van der Waals surface area contributed by atoms with Crippen LogP contribution in [0.4, 0.5) is 5.69 Å². The Kier molecular flexibility index (Phi) is 8.34. The third-order valence-corrected chi connectivity index (χ3v) is 7.54. The molecule has 0 unspecified atom stereocenters. The molecule has 1 N–H and O–H groups in total. The predicted octanol–water partition coefficient (Wildman–Crippen LogP) is 3.05. The van der Waals surface area contributed by atoms with Crippen molar-refractivity contribution >= 4 is 21.6 Å².